The molecule has 27 heavy (non-hydrogen) atoms. The SMILES string of the molecule is CC(C)C(NC(=O)COc1ccc2c(c1)CCC(=O)N2)c1ccc(Cl)cc1. The lowest BCUT2D eigenvalue weighted by molar-refractivity contribution is -0.124. The van der Waals surface area contributed by atoms with E-state index in [4.69, 9.17) is 16.3 Å². The van der Waals surface area contributed by atoms with Crippen LogP contribution in [-0.4, -0.2) is 18.4 Å². The Hall–Kier alpha value is -2.53. The quantitative estimate of drug-likeness (QED) is 0.784. The molecule has 1 atom stereocenters. The number of halogens is 1. The van der Waals surface area contributed by atoms with E-state index in [-0.39, 0.29) is 30.4 Å². The van der Waals surface area contributed by atoms with E-state index < -0.39 is 0 Å². The predicted octanol–water partition coefficient (Wildman–Crippen LogP) is 4.12. The first-order valence-electron chi connectivity index (χ1n) is 9.03. The highest BCUT2D eigenvalue weighted by Crippen LogP contribution is 2.27. The molecule has 0 aromatic heterocycles. The molecule has 0 spiro atoms. The molecule has 5 nitrogen and oxygen atoms in total. The maximum absolute atomic E-state index is 12.4. The second-order valence-electron chi connectivity index (χ2n) is 7.00. The molecule has 2 amide bonds. The molecule has 1 aliphatic heterocycles. The van der Waals surface area contributed by atoms with E-state index in [0.29, 0.717) is 23.6 Å². The lowest BCUT2D eigenvalue weighted by Crippen LogP contribution is -2.35. The van der Waals surface area contributed by atoms with Crippen molar-refractivity contribution in [1.29, 1.82) is 0 Å². The third-order valence-electron chi connectivity index (χ3n) is 4.55. The van der Waals surface area contributed by atoms with Gasteiger partial charge in [0.2, 0.25) is 5.91 Å². The topological polar surface area (TPSA) is 67.4 Å². The van der Waals surface area contributed by atoms with Crippen LogP contribution in [0.15, 0.2) is 42.5 Å². The summed E-state index contributed by atoms with van der Waals surface area (Å²) in [5.74, 6) is 0.683. The summed E-state index contributed by atoms with van der Waals surface area (Å²) >= 11 is 5.95. The summed E-state index contributed by atoms with van der Waals surface area (Å²) < 4.78 is 5.65. The molecule has 0 fully saturated rings. The Balaban J connectivity index is 1.60. The van der Waals surface area contributed by atoms with Crippen molar-refractivity contribution in [2.24, 2.45) is 5.92 Å². The molecule has 0 bridgehead atoms. The van der Waals surface area contributed by atoms with Crippen LogP contribution in [0.25, 0.3) is 0 Å². The van der Waals surface area contributed by atoms with E-state index in [1.807, 2.05) is 36.4 Å². The Morgan fingerprint density at radius 3 is 2.63 bits per heavy atom. The van der Waals surface area contributed by atoms with Gasteiger partial charge >= 0.3 is 0 Å². The van der Waals surface area contributed by atoms with Gasteiger partial charge in [-0.15, -0.1) is 0 Å². The molecule has 2 N–H and O–H groups in total. The van der Waals surface area contributed by atoms with Gasteiger partial charge in [-0.3, -0.25) is 9.59 Å². The van der Waals surface area contributed by atoms with E-state index in [9.17, 15) is 9.59 Å². The predicted molar refractivity (Wildman–Crippen MR) is 106 cm³/mol. The van der Waals surface area contributed by atoms with E-state index in [1.54, 1.807) is 6.07 Å². The van der Waals surface area contributed by atoms with Gasteiger partial charge < -0.3 is 15.4 Å². The molecule has 2 aromatic carbocycles. The number of carbonyl (C=O) groups excluding carboxylic acids is 2. The minimum atomic E-state index is -0.185. The molecule has 0 radical (unpaired) electrons. The normalized spacial score (nSPS) is 14.3. The minimum absolute atomic E-state index is 0.0254. The van der Waals surface area contributed by atoms with Crippen molar-refractivity contribution in [1.82, 2.24) is 5.32 Å². The molecule has 0 saturated carbocycles. The summed E-state index contributed by atoms with van der Waals surface area (Å²) in [7, 11) is 0. The van der Waals surface area contributed by atoms with Crippen molar-refractivity contribution in [3.63, 3.8) is 0 Å². The van der Waals surface area contributed by atoms with Crippen LogP contribution in [0.5, 0.6) is 5.75 Å². The fourth-order valence-electron chi connectivity index (χ4n) is 3.12. The standard InChI is InChI=1S/C21H23ClN2O3/c1-13(2)21(14-3-6-16(22)7-4-14)24-20(26)12-27-17-8-9-18-15(11-17)5-10-19(25)23-18/h3-4,6-9,11,13,21H,5,10,12H2,1-2H3,(H,23,25)(H,24,26). The molecule has 142 valence electrons. The van der Waals surface area contributed by atoms with Gasteiger partial charge in [-0.2, -0.15) is 0 Å². The van der Waals surface area contributed by atoms with Gasteiger partial charge in [-0.1, -0.05) is 37.6 Å². The van der Waals surface area contributed by atoms with Gasteiger partial charge in [0.05, 0.1) is 6.04 Å². The Morgan fingerprint density at radius 1 is 1.19 bits per heavy atom. The van der Waals surface area contributed by atoms with Crippen LogP contribution < -0.4 is 15.4 Å². The zero-order valence-corrected chi connectivity index (χ0v) is 16.2. The number of ether oxygens (including phenoxy) is 1. The van der Waals surface area contributed by atoms with E-state index >= 15 is 0 Å². The van der Waals surface area contributed by atoms with Crippen molar-refractivity contribution < 1.29 is 14.3 Å². The van der Waals surface area contributed by atoms with Gasteiger partial charge in [0, 0.05) is 17.1 Å². The maximum atomic E-state index is 12.4. The average Bonchev–Trinajstić information content (AvgIpc) is 2.65. The molecule has 0 aliphatic carbocycles. The molecule has 6 heteroatoms. The van der Waals surface area contributed by atoms with Crippen LogP contribution >= 0.6 is 11.6 Å². The Morgan fingerprint density at radius 2 is 1.93 bits per heavy atom. The monoisotopic (exact) mass is 386 g/mol. The maximum Gasteiger partial charge on any atom is 0.258 e. The van der Waals surface area contributed by atoms with Crippen LogP contribution in [0, 0.1) is 5.92 Å². The van der Waals surface area contributed by atoms with Crippen LogP contribution in [0.1, 0.15) is 37.4 Å². The second kappa shape index (κ2) is 8.44. The Kier molecular flexibility index (Phi) is 6.01. The minimum Gasteiger partial charge on any atom is -0.484 e. The lowest BCUT2D eigenvalue weighted by Gasteiger charge is -2.23. The third kappa shape index (κ3) is 5.01. The third-order valence-corrected chi connectivity index (χ3v) is 4.81. The number of benzene rings is 2. The number of rotatable bonds is 6. The average molecular weight is 387 g/mol. The number of amides is 2. The number of aryl methyl sites for hydroxylation is 1. The van der Waals surface area contributed by atoms with Gasteiger partial charge in [0.1, 0.15) is 5.75 Å². The first-order valence-corrected chi connectivity index (χ1v) is 9.40. The summed E-state index contributed by atoms with van der Waals surface area (Å²) in [4.78, 5) is 23.8. The summed E-state index contributed by atoms with van der Waals surface area (Å²) in [6.07, 6.45) is 1.14. The van der Waals surface area contributed by atoms with E-state index in [0.717, 1.165) is 16.8 Å². The summed E-state index contributed by atoms with van der Waals surface area (Å²) in [5, 5.41) is 6.52. The number of hydrogen-bond donors (Lipinski definition) is 2. The van der Waals surface area contributed by atoms with Crippen LogP contribution in [0.2, 0.25) is 5.02 Å². The molecular weight excluding hydrogens is 364 g/mol. The zero-order chi connectivity index (χ0) is 19.4. The second-order valence-corrected chi connectivity index (χ2v) is 7.43. The smallest absolute Gasteiger partial charge is 0.258 e. The zero-order valence-electron chi connectivity index (χ0n) is 15.4. The Labute approximate surface area is 164 Å². The highest BCUT2D eigenvalue weighted by Gasteiger charge is 2.19. The van der Waals surface area contributed by atoms with Gasteiger partial charge in [-0.25, -0.2) is 0 Å². The molecule has 1 unspecified atom stereocenters. The largest absolute Gasteiger partial charge is 0.484 e. The summed E-state index contributed by atoms with van der Waals surface area (Å²) in [6.45, 7) is 4.04. The van der Waals surface area contributed by atoms with Crippen LogP contribution in [-0.2, 0) is 16.0 Å². The van der Waals surface area contributed by atoms with Crippen molar-refractivity contribution in [3.8, 4) is 5.75 Å². The number of hydrogen-bond acceptors (Lipinski definition) is 3. The van der Waals surface area contributed by atoms with Crippen molar-refractivity contribution in [3.05, 3.63) is 58.6 Å². The molecule has 1 heterocycles. The van der Waals surface area contributed by atoms with E-state index in [1.165, 1.54) is 0 Å². The highest BCUT2D eigenvalue weighted by molar-refractivity contribution is 6.30. The lowest BCUT2D eigenvalue weighted by atomic mass is 9.96. The van der Waals surface area contributed by atoms with Crippen molar-refractivity contribution >= 4 is 29.1 Å². The molecule has 3 rings (SSSR count). The van der Waals surface area contributed by atoms with Crippen molar-refractivity contribution in [2.75, 3.05) is 11.9 Å². The van der Waals surface area contributed by atoms with Crippen LogP contribution in [0.4, 0.5) is 5.69 Å². The molecule has 0 saturated heterocycles. The number of carbonyl (C=O) groups is 2. The first-order chi connectivity index (χ1) is 12.9. The first kappa shape index (κ1) is 19.2. The summed E-state index contributed by atoms with van der Waals surface area (Å²) in [5.41, 5.74) is 2.84. The molecule has 1 aliphatic rings. The van der Waals surface area contributed by atoms with Gasteiger partial charge in [0.25, 0.3) is 5.91 Å². The fraction of sp³-hybridized carbons (Fsp3) is 0.333. The number of anilines is 1. The van der Waals surface area contributed by atoms with Gasteiger partial charge in [-0.05, 0) is 53.8 Å². The number of nitrogens with one attached hydrogen (secondary N) is 2. The fourth-order valence-corrected chi connectivity index (χ4v) is 3.24. The van der Waals surface area contributed by atoms with Crippen LogP contribution in [0.3, 0.4) is 0 Å². The van der Waals surface area contributed by atoms with E-state index in [2.05, 4.69) is 24.5 Å². The highest BCUT2D eigenvalue weighted by atomic mass is 35.5. The number of fused-ring (bicyclic) bond motifs is 1. The van der Waals surface area contributed by atoms with Gasteiger partial charge in [0.15, 0.2) is 6.61 Å². The van der Waals surface area contributed by atoms with Crippen molar-refractivity contribution in [2.45, 2.75) is 32.7 Å². The Bertz CT molecular complexity index is 834. The molecular formula is C21H23ClN2O3. The molecule has 2 aromatic rings. The summed E-state index contributed by atoms with van der Waals surface area (Å²) in [6, 6.07) is 12.8.